The molecule has 4 nitrogen and oxygen atoms in total. The molecule has 0 radical (unpaired) electrons. The van der Waals surface area contributed by atoms with Gasteiger partial charge in [0.1, 0.15) is 6.10 Å². The smallest absolute Gasteiger partial charge is 0.311 e. The normalized spacial score (nSPS) is 34.7. The van der Waals surface area contributed by atoms with Gasteiger partial charge in [-0.25, -0.2) is 0 Å². The maximum Gasteiger partial charge on any atom is 0.311 e. The highest BCUT2D eigenvalue weighted by Crippen LogP contribution is 2.53. The third-order valence-corrected chi connectivity index (χ3v) is 7.39. The molecule has 2 aliphatic carbocycles. The van der Waals surface area contributed by atoms with Crippen LogP contribution in [0.15, 0.2) is 47.6 Å². The monoisotopic (exact) mass is 377 g/mol. The van der Waals surface area contributed by atoms with Gasteiger partial charge in [0.15, 0.2) is 5.78 Å². The van der Waals surface area contributed by atoms with Gasteiger partial charge < -0.3 is 4.74 Å². The minimum absolute atomic E-state index is 0.0558. The zero-order valence-corrected chi connectivity index (χ0v) is 16.6. The fraction of sp³-hybridized carbons (Fsp3) is 0.500. The molecule has 0 bridgehead atoms. The van der Waals surface area contributed by atoms with E-state index in [1.54, 1.807) is 6.08 Å². The molecule has 5 rings (SSSR count). The van der Waals surface area contributed by atoms with Crippen LogP contribution in [-0.2, 0) is 27.3 Å². The van der Waals surface area contributed by atoms with Gasteiger partial charge in [0, 0.05) is 36.5 Å². The third kappa shape index (κ3) is 2.69. The van der Waals surface area contributed by atoms with Crippen molar-refractivity contribution >= 4 is 11.8 Å². The Kier molecular flexibility index (Phi) is 4.09. The summed E-state index contributed by atoms with van der Waals surface area (Å²) < 4.78 is 5.93. The van der Waals surface area contributed by atoms with Gasteiger partial charge in [-0.05, 0) is 49.0 Å². The summed E-state index contributed by atoms with van der Waals surface area (Å²) in [4.78, 5) is 27.5. The van der Waals surface area contributed by atoms with E-state index in [-0.39, 0.29) is 35.1 Å². The first-order chi connectivity index (χ1) is 13.5. The average Bonchev–Trinajstić information content (AvgIpc) is 3.00. The number of esters is 1. The molecule has 2 fully saturated rings. The van der Waals surface area contributed by atoms with Crippen molar-refractivity contribution in [1.29, 1.82) is 0 Å². The lowest BCUT2D eigenvalue weighted by atomic mass is 9.61. The van der Waals surface area contributed by atoms with Crippen molar-refractivity contribution in [3.05, 3.63) is 58.7 Å². The van der Waals surface area contributed by atoms with E-state index < -0.39 is 0 Å². The molecule has 146 valence electrons. The van der Waals surface area contributed by atoms with Crippen molar-refractivity contribution in [2.75, 3.05) is 13.1 Å². The molecule has 0 amide bonds. The second kappa shape index (κ2) is 6.41. The summed E-state index contributed by atoms with van der Waals surface area (Å²) in [7, 11) is 0. The molecule has 0 spiro atoms. The summed E-state index contributed by atoms with van der Waals surface area (Å²) in [6.07, 6.45) is 6.46. The van der Waals surface area contributed by atoms with E-state index in [9.17, 15) is 9.59 Å². The van der Waals surface area contributed by atoms with Crippen LogP contribution < -0.4 is 0 Å². The minimum Gasteiger partial charge on any atom is -0.457 e. The van der Waals surface area contributed by atoms with Gasteiger partial charge in [-0.2, -0.15) is 0 Å². The lowest BCUT2D eigenvalue weighted by Crippen LogP contribution is -2.42. The summed E-state index contributed by atoms with van der Waals surface area (Å²) in [5, 5.41) is 0. The summed E-state index contributed by atoms with van der Waals surface area (Å²) in [5.74, 6) is 0.0591. The fourth-order valence-electron chi connectivity index (χ4n) is 5.77. The van der Waals surface area contributed by atoms with Crippen molar-refractivity contribution in [2.45, 2.75) is 45.8 Å². The Bertz CT molecular complexity index is 914. The Balaban J connectivity index is 1.38. The van der Waals surface area contributed by atoms with Gasteiger partial charge in [0.05, 0.1) is 5.92 Å². The molecule has 2 aliphatic heterocycles. The second-order valence-electron chi connectivity index (χ2n) is 9.07. The van der Waals surface area contributed by atoms with Crippen LogP contribution in [0.2, 0.25) is 0 Å². The first kappa shape index (κ1) is 17.9. The highest BCUT2D eigenvalue weighted by Gasteiger charge is 2.54. The van der Waals surface area contributed by atoms with Gasteiger partial charge in [-0.15, -0.1) is 0 Å². The fourth-order valence-corrected chi connectivity index (χ4v) is 5.77. The Morgan fingerprint density at radius 3 is 2.82 bits per heavy atom. The number of hydrogen-bond donors (Lipinski definition) is 0. The number of fused-ring (bicyclic) bond motifs is 4. The van der Waals surface area contributed by atoms with Gasteiger partial charge >= 0.3 is 5.97 Å². The number of carbonyl (C=O) groups excluding carboxylic acids is 2. The molecule has 4 heteroatoms. The quantitative estimate of drug-likeness (QED) is 0.741. The predicted octanol–water partition coefficient (Wildman–Crippen LogP) is 3.46. The maximum absolute atomic E-state index is 12.9. The minimum atomic E-state index is -0.234. The van der Waals surface area contributed by atoms with Crippen molar-refractivity contribution in [3.63, 3.8) is 0 Å². The number of carbonyl (C=O) groups is 2. The van der Waals surface area contributed by atoms with E-state index in [0.29, 0.717) is 0 Å². The molecule has 1 saturated heterocycles. The number of ketones is 1. The first-order valence-electron chi connectivity index (χ1n) is 10.4. The molecule has 4 atom stereocenters. The molecule has 4 unspecified atom stereocenters. The van der Waals surface area contributed by atoms with E-state index in [1.165, 1.54) is 11.1 Å². The summed E-state index contributed by atoms with van der Waals surface area (Å²) in [6.45, 7) is 6.70. The molecule has 0 aromatic heterocycles. The Morgan fingerprint density at radius 2 is 2.00 bits per heavy atom. The van der Waals surface area contributed by atoms with Crippen LogP contribution in [-0.4, -0.2) is 35.8 Å². The number of nitrogens with zero attached hydrogens (tertiary/aromatic N) is 1. The van der Waals surface area contributed by atoms with Crippen LogP contribution in [0.4, 0.5) is 0 Å². The van der Waals surface area contributed by atoms with Crippen LogP contribution in [0.1, 0.15) is 37.8 Å². The van der Waals surface area contributed by atoms with Crippen molar-refractivity contribution < 1.29 is 14.3 Å². The van der Waals surface area contributed by atoms with E-state index in [0.717, 1.165) is 50.0 Å². The van der Waals surface area contributed by atoms with E-state index >= 15 is 0 Å². The Morgan fingerprint density at radius 1 is 1.21 bits per heavy atom. The standard InChI is InChI=1S/C24H27NO3/c1-15-20(26)8-11-24(2)10-7-18-19(23(27)28-22(18)21(15)24)14-25-12-9-16-5-3-4-6-17(16)13-25/h3-6,8,11,18-19,22H,7,9-10,12-14H2,1-2H3. The van der Waals surface area contributed by atoms with E-state index in [2.05, 4.69) is 36.1 Å². The molecule has 0 N–H and O–H groups in total. The van der Waals surface area contributed by atoms with Crippen LogP contribution in [0.5, 0.6) is 0 Å². The van der Waals surface area contributed by atoms with Crippen LogP contribution in [0.3, 0.4) is 0 Å². The van der Waals surface area contributed by atoms with Crippen LogP contribution >= 0.6 is 0 Å². The molecular weight excluding hydrogens is 350 g/mol. The lowest BCUT2D eigenvalue weighted by Gasteiger charge is -2.43. The van der Waals surface area contributed by atoms with Gasteiger partial charge in [0.25, 0.3) is 0 Å². The van der Waals surface area contributed by atoms with Gasteiger partial charge in [-0.3, -0.25) is 14.5 Å². The summed E-state index contributed by atoms with van der Waals surface area (Å²) in [5.41, 5.74) is 4.47. The lowest BCUT2D eigenvalue weighted by molar-refractivity contribution is -0.144. The molecule has 1 saturated carbocycles. The maximum atomic E-state index is 12.9. The Labute approximate surface area is 166 Å². The number of rotatable bonds is 2. The summed E-state index contributed by atoms with van der Waals surface area (Å²) in [6, 6.07) is 8.59. The molecule has 1 aromatic rings. The highest BCUT2D eigenvalue weighted by molar-refractivity contribution is 6.05. The SMILES string of the molecule is CC1=C2C3OC(=O)C(CN4CCc5ccccc5C4)C3CCC2(C)C=CC1=O. The largest absolute Gasteiger partial charge is 0.457 e. The van der Waals surface area contributed by atoms with E-state index in [1.807, 2.05) is 13.0 Å². The average molecular weight is 377 g/mol. The topological polar surface area (TPSA) is 46.6 Å². The molecular formula is C24H27NO3. The van der Waals surface area contributed by atoms with E-state index in [4.69, 9.17) is 4.74 Å². The zero-order valence-electron chi connectivity index (χ0n) is 16.6. The highest BCUT2D eigenvalue weighted by atomic mass is 16.6. The van der Waals surface area contributed by atoms with Crippen molar-refractivity contribution in [1.82, 2.24) is 4.90 Å². The molecule has 2 heterocycles. The van der Waals surface area contributed by atoms with Crippen molar-refractivity contribution in [2.24, 2.45) is 17.3 Å². The molecule has 1 aromatic carbocycles. The molecule has 28 heavy (non-hydrogen) atoms. The number of allylic oxidation sites excluding steroid dienone is 3. The van der Waals surface area contributed by atoms with Crippen molar-refractivity contribution in [3.8, 4) is 0 Å². The number of benzene rings is 1. The number of ether oxygens (including phenoxy) is 1. The molecule has 4 aliphatic rings. The second-order valence-corrected chi connectivity index (χ2v) is 9.07. The Hall–Kier alpha value is -2.20. The van der Waals surface area contributed by atoms with Gasteiger partial charge in [-0.1, -0.05) is 37.3 Å². The predicted molar refractivity (Wildman–Crippen MR) is 106 cm³/mol. The van der Waals surface area contributed by atoms with Gasteiger partial charge in [0.2, 0.25) is 0 Å². The summed E-state index contributed by atoms with van der Waals surface area (Å²) >= 11 is 0. The zero-order chi connectivity index (χ0) is 19.5. The van der Waals surface area contributed by atoms with Crippen LogP contribution in [0, 0.1) is 17.3 Å². The third-order valence-electron chi connectivity index (χ3n) is 7.39. The first-order valence-corrected chi connectivity index (χ1v) is 10.4. The van der Waals surface area contributed by atoms with Crippen LogP contribution in [0.25, 0.3) is 0 Å². The number of hydrogen-bond acceptors (Lipinski definition) is 4.